The van der Waals surface area contributed by atoms with E-state index in [1.807, 2.05) is 18.2 Å². The minimum atomic E-state index is -0.641. The van der Waals surface area contributed by atoms with Gasteiger partial charge in [0.15, 0.2) is 6.61 Å². The molecule has 2 aromatic carbocycles. The van der Waals surface area contributed by atoms with Crippen LogP contribution >= 0.6 is 0 Å². The maximum Gasteiger partial charge on any atom is 0.306 e. The molecule has 27 heavy (non-hydrogen) atoms. The number of aryl methyl sites for hydroxylation is 2. The number of amides is 1. The van der Waals surface area contributed by atoms with E-state index >= 15 is 0 Å². The molecule has 8 nitrogen and oxygen atoms in total. The first kappa shape index (κ1) is 19.9. The molecular formula is C19H20N2O6. The van der Waals surface area contributed by atoms with Gasteiger partial charge in [-0.25, -0.2) is 0 Å². The van der Waals surface area contributed by atoms with E-state index in [2.05, 4.69) is 5.32 Å². The Kier molecular flexibility index (Phi) is 6.87. The number of methoxy groups -OCH3 is 1. The van der Waals surface area contributed by atoms with E-state index < -0.39 is 23.4 Å². The van der Waals surface area contributed by atoms with Crippen LogP contribution in [0.1, 0.15) is 17.5 Å². The smallest absolute Gasteiger partial charge is 0.306 e. The summed E-state index contributed by atoms with van der Waals surface area (Å²) in [5.74, 6) is -0.511. The summed E-state index contributed by atoms with van der Waals surface area (Å²) in [4.78, 5) is 34.3. The summed E-state index contributed by atoms with van der Waals surface area (Å²) in [7, 11) is 1.55. The Morgan fingerprint density at radius 3 is 2.59 bits per heavy atom. The number of ether oxygens (including phenoxy) is 2. The molecule has 0 heterocycles. The van der Waals surface area contributed by atoms with E-state index in [-0.39, 0.29) is 17.8 Å². The number of nitro benzene ring substituents is 1. The Bertz CT molecular complexity index is 850. The van der Waals surface area contributed by atoms with Crippen molar-refractivity contribution >= 4 is 23.3 Å². The van der Waals surface area contributed by atoms with Crippen LogP contribution in [0.3, 0.4) is 0 Å². The molecule has 0 spiro atoms. The zero-order chi connectivity index (χ0) is 19.8. The molecule has 1 N–H and O–H groups in total. The summed E-state index contributed by atoms with van der Waals surface area (Å²) in [6.45, 7) is 1.12. The molecule has 0 saturated heterocycles. The maximum absolute atomic E-state index is 12.0. The molecule has 1 amide bonds. The number of carbonyl (C=O) groups excluding carboxylic acids is 2. The fourth-order valence-electron chi connectivity index (χ4n) is 2.51. The number of benzene rings is 2. The number of hydrogen-bond donors (Lipinski definition) is 1. The van der Waals surface area contributed by atoms with Gasteiger partial charge in [0.25, 0.3) is 11.6 Å². The van der Waals surface area contributed by atoms with E-state index in [0.29, 0.717) is 17.7 Å². The first-order valence-corrected chi connectivity index (χ1v) is 8.23. The number of nitrogens with zero attached hydrogens (tertiary/aromatic N) is 1. The molecule has 0 radical (unpaired) electrons. The van der Waals surface area contributed by atoms with Gasteiger partial charge in [0.2, 0.25) is 0 Å². The first-order valence-electron chi connectivity index (χ1n) is 8.23. The zero-order valence-electron chi connectivity index (χ0n) is 15.1. The summed E-state index contributed by atoms with van der Waals surface area (Å²) in [5.41, 5.74) is 1.28. The van der Waals surface area contributed by atoms with Crippen molar-refractivity contribution in [2.75, 3.05) is 19.0 Å². The van der Waals surface area contributed by atoms with Crippen molar-refractivity contribution in [2.45, 2.75) is 19.8 Å². The van der Waals surface area contributed by atoms with Gasteiger partial charge in [0, 0.05) is 12.5 Å². The molecule has 8 heteroatoms. The summed E-state index contributed by atoms with van der Waals surface area (Å²) in [5, 5.41) is 13.5. The van der Waals surface area contributed by atoms with Crippen LogP contribution in [0.25, 0.3) is 0 Å². The van der Waals surface area contributed by atoms with Gasteiger partial charge in [-0.3, -0.25) is 19.7 Å². The minimum Gasteiger partial charge on any atom is -0.496 e. The van der Waals surface area contributed by atoms with Crippen LogP contribution in [-0.4, -0.2) is 30.5 Å². The highest BCUT2D eigenvalue weighted by Crippen LogP contribution is 2.27. The maximum atomic E-state index is 12.0. The molecule has 0 aliphatic heterocycles. The summed E-state index contributed by atoms with van der Waals surface area (Å²) < 4.78 is 10.2. The van der Waals surface area contributed by atoms with E-state index in [4.69, 9.17) is 9.47 Å². The van der Waals surface area contributed by atoms with Gasteiger partial charge >= 0.3 is 5.97 Å². The number of para-hydroxylation sites is 2. The van der Waals surface area contributed by atoms with Crippen molar-refractivity contribution in [1.29, 1.82) is 0 Å². The number of hydrogen-bond acceptors (Lipinski definition) is 6. The molecule has 0 aliphatic carbocycles. The van der Waals surface area contributed by atoms with Crippen LogP contribution in [0.4, 0.5) is 11.4 Å². The fourth-order valence-corrected chi connectivity index (χ4v) is 2.51. The van der Waals surface area contributed by atoms with Crippen LogP contribution in [0.5, 0.6) is 5.75 Å². The Balaban J connectivity index is 1.87. The van der Waals surface area contributed by atoms with Crippen LogP contribution in [-0.2, 0) is 20.7 Å². The second kappa shape index (κ2) is 9.33. The molecule has 142 valence electrons. The number of nitrogens with one attached hydrogen (secondary N) is 1. The Labute approximate surface area is 156 Å². The highest BCUT2D eigenvalue weighted by atomic mass is 16.6. The van der Waals surface area contributed by atoms with E-state index in [9.17, 15) is 19.7 Å². The second-order valence-corrected chi connectivity index (χ2v) is 5.75. The molecular weight excluding hydrogens is 352 g/mol. The number of nitro groups is 1. The molecule has 0 bridgehead atoms. The van der Waals surface area contributed by atoms with Gasteiger partial charge in [-0.2, -0.15) is 0 Å². The molecule has 0 fully saturated rings. The lowest BCUT2D eigenvalue weighted by Crippen LogP contribution is -2.22. The van der Waals surface area contributed by atoms with Gasteiger partial charge in [0.1, 0.15) is 11.4 Å². The summed E-state index contributed by atoms with van der Waals surface area (Å²) in [6.07, 6.45) is 0.492. The van der Waals surface area contributed by atoms with Gasteiger partial charge in [-0.1, -0.05) is 30.3 Å². The van der Waals surface area contributed by atoms with Crippen molar-refractivity contribution in [2.24, 2.45) is 0 Å². The summed E-state index contributed by atoms with van der Waals surface area (Å²) in [6, 6.07) is 11.8. The van der Waals surface area contributed by atoms with Crippen LogP contribution in [0.15, 0.2) is 42.5 Å². The number of rotatable bonds is 8. The number of carbonyl (C=O) groups is 2. The van der Waals surface area contributed by atoms with E-state index in [1.54, 1.807) is 26.2 Å². The van der Waals surface area contributed by atoms with Gasteiger partial charge < -0.3 is 14.8 Å². The standard InChI is InChI=1S/C19H20N2O6/c1-13-6-5-8-15(21(24)25)19(13)20-17(22)12-27-18(23)11-10-14-7-3-4-9-16(14)26-2/h3-9H,10-12H2,1-2H3,(H,20,22). The van der Waals surface area contributed by atoms with E-state index in [1.165, 1.54) is 12.1 Å². The van der Waals surface area contributed by atoms with Gasteiger partial charge in [0.05, 0.1) is 12.0 Å². The lowest BCUT2D eigenvalue weighted by Gasteiger charge is -2.10. The third-order valence-corrected chi connectivity index (χ3v) is 3.87. The second-order valence-electron chi connectivity index (χ2n) is 5.75. The predicted molar refractivity (Wildman–Crippen MR) is 98.7 cm³/mol. The van der Waals surface area contributed by atoms with E-state index in [0.717, 1.165) is 5.56 Å². The van der Waals surface area contributed by atoms with Crippen molar-refractivity contribution in [3.8, 4) is 5.75 Å². The van der Waals surface area contributed by atoms with Crippen LogP contribution < -0.4 is 10.1 Å². The predicted octanol–water partition coefficient (Wildman–Crippen LogP) is 3.03. The number of esters is 1. The first-order chi connectivity index (χ1) is 12.9. The average Bonchev–Trinajstić information content (AvgIpc) is 2.66. The average molecular weight is 372 g/mol. The molecule has 2 rings (SSSR count). The minimum absolute atomic E-state index is 0.0815. The highest BCUT2D eigenvalue weighted by molar-refractivity contribution is 5.95. The van der Waals surface area contributed by atoms with Crippen molar-refractivity contribution in [3.63, 3.8) is 0 Å². The number of anilines is 1. The highest BCUT2D eigenvalue weighted by Gasteiger charge is 2.18. The van der Waals surface area contributed by atoms with Crippen molar-refractivity contribution in [3.05, 3.63) is 63.7 Å². The van der Waals surface area contributed by atoms with Crippen molar-refractivity contribution in [1.82, 2.24) is 0 Å². The molecule has 0 aromatic heterocycles. The lowest BCUT2D eigenvalue weighted by atomic mass is 10.1. The zero-order valence-corrected chi connectivity index (χ0v) is 15.1. The molecule has 0 atom stereocenters. The Morgan fingerprint density at radius 2 is 1.89 bits per heavy atom. The molecule has 0 saturated carbocycles. The molecule has 0 unspecified atom stereocenters. The normalized spacial score (nSPS) is 10.1. The van der Waals surface area contributed by atoms with Crippen LogP contribution in [0, 0.1) is 17.0 Å². The third kappa shape index (κ3) is 5.53. The lowest BCUT2D eigenvalue weighted by molar-refractivity contribution is -0.384. The SMILES string of the molecule is COc1ccccc1CCC(=O)OCC(=O)Nc1c(C)cccc1[N+](=O)[O-]. The molecule has 0 aliphatic rings. The fraction of sp³-hybridized carbons (Fsp3) is 0.263. The Morgan fingerprint density at radius 1 is 1.15 bits per heavy atom. The van der Waals surface area contributed by atoms with Crippen LogP contribution in [0.2, 0.25) is 0 Å². The monoisotopic (exact) mass is 372 g/mol. The summed E-state index contributed by atoms with van der Waals surface area (Å²) >= 11 is 0. The third-order valence-electron chi connectivity index (χ3n) is 3.87. The molecule has 2 aromatic rings. The largest absolute Gasteiger partial charge is 0.496 e. The van der Waals surface area contributed by atoms with Gasteiger partial charge in [-0.05, 0) is 30.5 Å². The Hall–Kier alpha value is -3.42. The topological polar surface area (TPSA) is 108 Å². The van der Waals surface area contributed by atoms with Crippen molar-refractivity contribution < 1.29 is 24.0 Å². The van der Waals surface area contributed by atoms with Gasteiger partial charge in [-0.15, -0.1) is 0 Å². The quantitative estimate of drug-likeness (QED) is 0.433.